The molecule has 0 bridgehead atoms. The number of nitrogens with zero attached hydrogens (tertiary/aromatic N) is 2. The van der Waals surface area contributed by atoms with Crippen molar-refractivity contribution in [3.8, 4) is 11.5 Å². The third-order valence-corrected chi connectivity index (χ3v) is 4.54. The number of fused-ring (bicyclic) bond motifs is 1. The van der Waals surface area contributed by atoms with Crippen molar-refractivity contribution in [2.24, 2.45) is 4.99 Å². The standard InChI is InChI=1S/C19H32N4O3/c1-14(13-24-3)22-19(20-2)21-7-9-23-8-6-15-10-17(25-4)18(26-5)11-16(15)12-23/h10-11,14H,6-9,12-13H2,1-5H3,(H2,20,21,22). The van der Waals surface area contributed by atoms with E-state index in [9.17, 15) is 0 Å². The molecule has 0 spiro atoms. The maximum Gasteiger partial charge on any atom is 0.191 e. The number of hydrogen-bond donors (Lipinski definition) is 2. The zero-order valence-electron chi connectivity index (χ0n) is 16.6. The Morgan fingerprint density at radius 1 is 1.19 bits per heavy atom. The summed E-state index contributed by atoms with van der Waals surface area (Å²) < 4.78 is 16.0. The fourth-order valence-electron chi connectivity index (χ4n) is 3.18. The fourth-order valence-corrected chi connectivity index (χ4v) is 3.18. The number of methoxy groups -OCH3 is 3. The summed E-state index contributed by atoms with van der Waals surface area (Å²) >= 11 is 0. The summed E-state index contributed by atoms with van der Waals surface area (Å²) in [6, 6.07) is 4.42. The summed E-state index contributed by atoms with van der Waals surface area (Å²) in [5.74, 6) is 2.41. The second-order valence-electron chi connectivity index (χ2n) is 6.50. The lowest BCUT2D eigenvalue weighted by Crippen LogP contribution is -2.46. The maximum atomic E-state index is 5.43. The SMILES string of the molecule is CN=C(NCCN1CCc2cc(OC)c(OC)cc2C1)NC(C)COC. The molecule has 2 rings (SSSR count). The molecule has 0 aliphatic carbocycles. The van der Waals surface area contributed by atoms with Gasteiger partial charge in [0.15, 0.2) is 17.5 Å². The number of aliphatic imine (C=N–C) groups is 1. The molecule has 0 aromatic heterocycles. The Kier molecular flexibility index (Phi) is 8.00. The van der Waals surface area contributed by atoms with E-state index in [0.29, 0.717) is 6.61 Å². The zero-order chi connectivity index (χ0) is 18.9. The second kappa shape index (κ2) is 10.2. The van der Waals surface area contributed by atoms with Gasteiger partial charge in [-0.1, -0.05) is 0 Å². The average Bonchev–Trinajstić information content (AvgIpc) is 2.66. The molecular weight excluding hydrogens is 332 g/mol. The van der Waals surface area contributed by atoms with E-state index in [1.165, 1.54) is 11.1 Å². The summed E-state index contributed by atoms with van der Waals surface area (Å²) in [5.41, 5.74) is 2.66. The molecule has 7 heteroatoms. The minimum absolute atomic E-state index is 0.218. The van der Waals surface area contributed by atoms with Crippen molar-refractivity contribution in [1.82, 2.24) is 15.5 Å². The minimum atomic E-state index is 0.218. The molecule has 146 valence electrons. The number of benzene rings is 1. The summed E-state index contributed by atoms with van der Waals surface area (Å²) in [4.78, 5) is 6.70. The largest absolute Gasteiger partial charge is 0.493 e. The van der Waals surface area contributed by atoms with Crippen molar-refractivity contribution >= 4 is 5.96 Å². The van der Waals surface area contributed by atoms with Gasteiger partial charge >= 0.3 is 0 Å². The highest BCUT2D eigenvalue weighted by Gasteiger charge is 2.19. The molecule has 1 aliphatic rings. The molecule has 1 atom stereocenters. The molecule has 0 amide bonds. The van der Waals surface area contributed by atoms with Crippen molar-refractivity contribution < 1.29 is 14.2 Å². The van der Waals surface area contributed by atoms with Crippen LogP contribution in [-0.4, -0.2) is 71.5 Å². The molecule has 2 N–H and O–H groups in total. The Hall–Kier alpha value is -1.99. The van der Waals surface area contributed by atoms with Crippen LogP contribution < -0.4 is 20.1 Å². The van der Waals surface area contributed by atoms with Gasteiger partial charge in [0.1, 0.15) is 0 Å². The topological polar surface area (TPSA) is 67.4 Å². The van der Waals surface area contributed by atoms with E-state index in [2.05, 4.69) is 39.6 Å². The molecule has 0 radical (unpaired) electrons. The first-order valence-corrected chi connectivity index (χ1v) is 9.03. The highest BCUT2D eigenvalue weighted by molar-refractivity contribution is 5.79. The van der Waals surface area contributed by atoms with Crippen molar-refractivity contribution in [3.05, 3.63) is 23.3 Å². The first kappa shape index (κ1) is 20.3. The van der Waals surface area contributed by atoms with Gasteiger partial charge in [0.25, 0.3) is 0 Å². The van der Waals surface area contributed by atoms with Crippen molar-refractivity contribution in [2.75, 3.05) is 54.6 Å². The quantitative estimate of drug-likeness (QED) is 0.535. The van der Waals surface area contributed by atoms with E-state index >= 15 is 0 Å². The van der Waals surface area contributed by atoms with E-state index in [-0.39, 0.29) is 6.04 Å². The summed E-state index contributed by atoms with van der Waals surface area (Å²) in [7, 11) is 6.84. The number of rotatable bonds is 8. The number of nitrogens with one attached hydrogen (secondary N) is 2. The highest BCUT2D eigenvalue weighted by Crippen LogP contribution is 2.33. The Morgan fingerprint density at radius 2 is 1.88 bits per heavy atom. The Labute approximate surface area is 156 Å². The predicted molar refractivity (Wildman–Crippen MR) is 104 cm³/mol. The molecule has 7 nitrogen and oxygen atoms in total. The van der Waals surface area contributed by atoms with Crippen LogP contribution in [0.15, 0.2) is 17.1 Å². The van der Waals surface area contributed by atoms with Gasteiger partial charge in [-0.3, -0.25) is 9.89 Å². The molecular formula is C19H32N4O3. The van der Waals surface area contributed by atoms with Gasteiger partial charge in [-0.15, -0.1) is 0 Å². The Morgan fingerprint density at radius 3 is 2.50 bits per heavy atom. The van der Waals surface area contributed by atoms with E-state index in [0.717, 1.165) is 50.1 Å². The number of hydrogen-bond acceptors (Lipinski definition) is 5. The summed E-state index contributed by atoms with van der Waals surface area (Å²) in [6.07, 6.45) is 1.02. The van der Waals surface area contributed by atoms with Crippen molar-refractivity contribution in [1.29, 1.82) is 0 Å². The molecule has 1 unspecified atom stereocenters. The third kappa shape index (κ3) is 5.51. The highest BCUT2D eigenvalue weighted by atomic mass is 16.5. The van der Waals surface area contributed by atoms with E-state index < -0.39 is 0 Å². The van der Waals surface area contributed by atoms with E-state index in [4.69, 9.17) is 14.2 Å². The van der Waals surface area contributed by atoms with Crippen LogP contribution in [0.25, 0.3) is 0 Å². The first-order chi connectivity index (χ1) is 12.6. The molecule has 1 aromatic rings. The van der Waals surface area contributed by atoms with E-state index in [1.807, 2.05) is 0 Å². The van der Waals surface area contributed by atoms with Gasteiger partial charge in [-0.05, 0) is 36.6 Å². The lowest BCUT2D eigenvalue weighted by molar-refractivity contribution is 0.179. The molecule has 0 saturated carbocycles. The first-order valence-electron chi connectivity index (χ1n) is 9.03. The lowest BCUT2D eigenvalue weighted by atomic mass is 9.99. The lowest BCUT2D eigenvalue weighted by Gasteiger charge is -2.29. The van der Waals surface area contributed by atoms with Crippen LogP contribution in [0.1, 0.15) is 18.1 Å². The van der Waals surface area contributed by atoms with Crippen LogP contribution in [0.4, 0.5) is 0 Å². The molecule has 1 aliphatic heterocycles. The van der Waals surface area contributed by atoms with Gasteiger partial charge in [0, 0.05) is 46.4 Å². The van der Waals surface area contributed by atoms with Crippen LogP contribution in [-0.2, 0) is 17.7 Å². The molecule has 26 heavy (non-hydrogen) atoms. The summed E-state index contributed by atoms with van der Waals surface area (Å²) in [6.45, 7) is 6.46. The predicted octanol–water partition coefficient (Wildman–Crippen LogP) is 1.26. The average molecular weight is 364 g/mol. The monoisotopic (exact) mass is 364 g/mol. The number of guanidine groups is 1. The maximum absolute atomic E-state index is 5.43. The van der Waals surface area contributed by atoms with Gasteiger partial charge in [0.05, 0.1) is 20.8 Å². The van der Waals surface area contributed by atoms with Crippen molar-refractivity contribution in [3.63, 3.8) is 0 Å². The van der Waals surface area contributed by atoms with Gasteiger partial charge in [-0.25, -0.2) is 0 Å². The van der Waals surface area contributed by atoms with Crippen LogP contribution in [0, 0.1) is 0 Å². The van der Waals surface area contributed by atoms with E-state index in [1.54, 1.807) is 28.4 Å². The Balaban J connectivity index is 1.85. The van der Waals surface area contributed by atoms with Gasteiger partial charge < -0.3 is 24.8 Å². The molecule has 1 aromatic carbocycles. The van der Waals surface area contributed by atoms with Crippen LogP contribution >= 0.6 is 0 Å². The van der Waals surface area contributed by atoms with Gasteiger partial charge in [0.2, 0.25) is 0 Å². The second-order valence-corrected chi connectivity index (χ2v) is 6.50. The summed E-state index contributed by atoms with van der Waals surface area (Å²) in [5, 5.41) is 6.68. The normalized spacial score (nSPS) is 16.0. The van der Waals surface area contributed by atoms with Crippen LogP contribution in [0.2, 0.25) is 0 Å². The fraction of sp³-hybridized carbons (Fsp3) is 0.632. The third-order valence-electron chi connectivity index (χ3n) is 4.54. The molecule has 0 fully saturated rings. The number of ether oxygens (including phenoxy) is 3. The molecule has 1 heterocycles. The van der Waals surface area contributed by atoms with Crippen molar-refractivity contribution in [2.45, 2.75) is 25.9 Å². The molecule has 0 saturated heterocycles. The zero-order valence-corrected chi connectivity index (χ0v) is 16.6. The van der Waals surface area contributed by atoms with Crippen LogP contribution in [0.3, 0.4) is 0 Å². The van der Waals surface area contributed by atoms with Gasteiger partial charge in [-0.2, -0.15) is 0 Å². The Bertz CT molecular complexity index is 607. The van der Waals surface area contributed by atoms with Crippen LogP contribution in [0.5, 0.6) is 11.5 Å². The smallest absolute Gasteiger partial charge is 0.191 e. The minimum Gasteiger partial charge on any atom is -0.493 e.